The molecule has 0 atom stereocenters. The van der Waals surface area contributed by atoms with Gasteiger partial charge < -0.3 is 5.11 Å². The number of aliphatic hydroxyl groups is 1. The van der Waals surface area contributed by atoms with Crippen LogP contribution in [0, 0.1) is 0 Å². The summed E-state index contributed by atoms with van der Waals surface area (Å²) in [6.07, 6.45) is 5.80. The molecule has 3 nitrogen and oxygen atoms in total. The minimum absolute atomic E-state index is 0.0881. The Morgan fingerprint density at radius 1 is 1.21 bits per heavy atom. The Hall–Kier alpha value is -0.960. The SMILES string of the molecule is CCC(C)(CC)c1cnc(CO)nc1. The number of hydrogen-bond acceptors (Lipinski definition) is 3. The second-order valence-electron chi connectivity index (χ2n) is 3.81. The molecule has 0 aliphatic rings. The van der Waals surface area contributed by atoms with Crippen molar-refractivity contribution in [2.75, 3.05) is 0 Å². The third-order valence-corrected chi connectivity index (χ3v) is 3.10. The zero-order valence-electron chi connectivity index (χ0n) is 9.12. The quantitative estimate of drug-likeness (QED) is 0.797. The smallest absolute Gasteiger partial charge is 0.153 e. The maximum Gasteiger partial charge on any atom is 0.153 e. The van der Waals surface area contributed by atoms with Crippen LogP contribution in [0.5, 0.6) is 0 Å². The lowest BCUT2D eigenvalue weighted by Gasteiger charge is -2.26. The van der Waals surface area contributed by atoms with E-state index in [2.05, 4.69) is 30.7 Å². The first-order valence-electron chi connectivity index (χ1n) is 5.08. The molecule has 0 aromatic carbocycles. The fraction of sp³-hybridized carbons (Fsp3) is 0.636. The Morgan fingerprint density at radius 2 is 1.71 bits per heavy atom. The highest BCUT2D eigenvalue weighted by Gasteiger charge is 2.22. The fourth-order valence-electron chi connectivity index (χ4n) is 1.41. The molecule has 1 rings (SSSR count). The van der Waals surface area contributed by atoms with Crippen LogP contribution in [0.15, 0.2) is 12.4 Å². The normalized spacial score (nSPS) is 11.7. The molecule has 0 saturated heterocycles. The van der Waals surface area contributed by atoms with Crippen molar-refractivity contribution < 1.29 is 5.11 Å². The molecular weight excluding hydrogens is 176 g/mol. The average molecular weight is 194 g/mol. The van der Waals surface area contributed by atoms with Crippen molar-refractivity contribution in [1.82, 2.24) is 9.97 Å². The van der Waals surface area contributed by atoms with Gasteiger partial charge in [-0.2, -0.15) is 0 Å². The van der Waals surface area contributed by atoms with Crippen LogP contribution in [0.4, 0.5) is 0 Å². The molecule has 1 aromatic rings. The summed E-state index contributed by atoms with van der Waals surface area (Å²) in [5, 5.41) is 8.82. The standard InChI is InChI=1S/C11H18N2O/c1-4-11(3,5-2)9-6-12-10(8-14)13-7-9/h6-7,14H,4-5,8H2,1-3H3. The summed E-state index contributed by atoms with van der Waals surface area (Å²) < 4.78 is 0. The molecule has 1 N–H and O–H groups in total. The molecule has 0 spiro atoms. The molecule has 1 heterocycles. The van der Waals surface area contributed by atoms with Crippen molar-refractivity contribution in [3.05, 3.63) is 23.8 Å². The molecule has 0 saturated carbocycles. The average Bonchev–Trinajstić information content (AvgIpc) is 2.28. The van der Waals surface area contributed by atoms with E-state index in [1.807, 2.05) is 12.4 Å². The highest BCUT2D eigenvalue weighted by atomic mass is 16.3. The molecule has 14 heavy (non-hydrogen) atoms. The second kappa shape index (κ2) is 4.51. The number of aromatic nitrogens is 2. The zero-order chi connectivity index (χ0) is 10.6. The van der Waals surface area contributed by atoms with Crippen molar-refractivity contribution >= 4 is 0 Å². The molecule has 0 aliphatic carbocycles. The van der Waals surface area contributed by atoms with Gasteiger partial charge in [0.05, 0.1) is 0 Å². The molecule has 3 heteroatoms. The van der Waals surface area contributed by atoms with E-state index in [9.17, 15) is 0 Å². The van der Waals surface area contributed by atoms with E-state index in [-0.39, 0.29) is 12.0 Å². The highest BCUT2D eigenvalue weighted by Crippen LogP contribution is 2.29. The topological polar surface area (TPSA) is 46.0 Å². The lowest BCUT2D eigenvalue weighted by Crippen LogP contribution is -2.20. The predicted molar refractivity (Wildman–Crippen MR) is 55.9 cm³/mol. The van der Waals surface area contributed by atoms with Crippen LogP contribution >= 0.6 is 0 Å². The van der Waals surface area contributed by atoms with Gasteiger partial charge in [0.25, 0.3) is 0 Å². The molecule has 0 radical (unpaired) electrons. The van der Waals surface area contributed by atoms with Gasteiger partial charge in [-0.05, 0) is 23.8 Å². The Kier molecular flexibility index (Phi) is 3.58. The minimum atomic E-state index is -0.0881. The lowest BCUT2D eigenvalue weighted by molar-refractivity contribution is 0.270. The first-order valence-corrected chi connectivity index (χ1v) is 5.08. The van der Waals surface area contributed by atoms with Gasteiger partial charge in [-0.1, -0.05) is 20.8 Å². The Balaban J connectivity index is 2.95. The number of nitrogens with zero attached hydrogens (tertiary/aromatic N) is 2. The van der Waals surface area contributed by atoms with Crippen LogP contribution in [-0.2, 0) is 12.0 Å². The molecule has 78 valence electrons. The summed E-state index contributed by atoms with van der Waals surface area (Å²) in [6.45, 7) is 6.46. The first-order chi connectivity index (χ1) is 6.66. The summed E-state index contributed by atoms with van der Waals surface area (Å²) in [5.41, 5.74) is 1.31. The van der Waals surface area contributed by atoms with Crippen molar-refractivity contribution in [1.29, 1.82) is 0 Å². The van der Waals surface area contributed by atoms with E-state index in [4.69, 9.17) is 5.11 Å². The van der Waals surface area contributed by atoms with Crippen LogP contribution in [0.1, 0.15) is 45.0 Å². The fourth-order valence-corrected chi connectivity index (χ4v) is 1.41. The molecule has 0 amide bonds. The largest absolute Gasteiger partial charge is 0.388 e. The van der Waals surface area contributed by atoms with Gasteiger partial charge >= 0.3 is 0 Å². The van der Waals surface area contributed by atoms with Gasteiger partial charge in [0.15, 0.2) is 5.82 Å². The Bertz CT molecular complexity index is 278. The number of rotatable bonds is 4. The Morgan fingerprint density at radius 3 is 2.07 bits per heavy atom. The third-order valence-electron chi connectivity index (χ3n) is 3.10. The molecule has 0 bridgehead atoms. The van der Waals surface area contributed by atoms with Gasteiger partial charge in [0, 0.05) is 12.4 Å². The highest BCUT2D eigenvalue weighted by molar-refractivity contribution is 5.17. The van der Waals surface area contributed by atoms with E-state index in [0.717, 1.165) is 18.4 Å². The van der Waals surface area contributed by atoms with Crippen molar-refractivity contribution in [2.24, 2.45) is 0 Å². The van der Waals surface area contributed by atoms with Gasteiger partial charge in [0.2, 0.25) is 0 Å². The summed E-state index contributed by atoms with van der Waals surface area (Å²) in [6, 6.07) is 0. The van der Waals surface area contributed by atoms with Crippen molar-refractivity contribution in [3.8, 4) is 0 Å². The van der Waals surface area contributed by atoms with E-state index in [1.165, 1.54) is 0 Å². The number of hydrogen-bond donors (Lipinski definition) is 1. The molecular formula is C11H18N2O. The molecule has 0 fully saturated rings. The van der Waals surface area contributed by atoms with Crippen molar-refractivity contribution in [2.45, 2.75) is 45.6 Å². The Labute approximate surface area is 85.2 Å². The van der Waals surface area contributed by atoms with E-state index >= 15 is 0 Å². The van der Waals surface area contributed by atoms with Gasteiger partial charge in [-0.15, -0.1) is 0 Å². The van der Waals surface area contributed by atoms with Gasteiger partial charge in [0.1, 0.15) is 6.61 Å². The number of aliphatic hydroxyl groups excluding tert-OH is 1. The minimum Gasteiger partial charge on any atom is -0.388 e. The van der Waals surface area contributed by atoms with Gasteiger partial charge in [-0.3, -0.25) is 0 Å². The molecule has 0 unspecified atom stereocenters. The van der Waals surface area contributed by atoms with E-state index in [1.54, 1.807) is 0 Å². The maximum absolute atomic E-state index is 8.82. The predicted octanol–water partition coefficient (Wildman–Crippen LogP) is 2.05. The summed E-state index contributed by atoms with van der Waals surface area (Å²) in [7, 11) is 0. The molecule has 1 aromatic heterocycles. The van der Waals surface area contributed by atoms with E-state index in [0.29, 0.717) is 5.82 Å². The van der Waals surface area contributed by atoms with Crippen molar-refractivity contribution in [3.63, 3.8) is 0 Å². The lowest BCUT2D eigenvalue weighted by atomic mass is 9.79. The van der Waals surface area contributed by atoms with E-state index < -0.39 is 0 Å². The van der Waals surface area contributed by atoms with Crippen LogP contribution in [0.3, 0.4) is 0 Å². The van der Waals surface area contributed by atoms with Gasteiger partial charge in [-0.25, -0.2) is 9.97 Å². The first kappa shape index (κ1) is 11.1. The summed E-state index contributed by atoms with van der Waals surface area (Å²) >= 11 is 0. The van der Waals surface area contributed by atoms with Crippen LogP contribution in [0.2, 0.25) is 0 Å². The third kappa shape index (κ3) is 2.10. The second-order valence-corrected chi connectivity index (χ2v) is 3.81. The maximum atomic E-state index is 8.82. The van der Waals surface area contributed by atoms with Crippen LogP contribution < -0.4 is 0 Å². The summed E-state index contributed by atoms with van der Waals surface area (Å²) in [5.74, 6) is 0.489. The molecule has 0 aliphatic heterocycles. The van der Waals surface area contributed by atoms with Crippen LogP contribution in [0.25, 0.3) is 0 Å². The summed E-state index contributed by atoms with van der Waals surface area (Å²) in [4.78, 5) is 8.20. The zero-order valence-corrected chi connectivity index (χ0v) is 9.12. The van der Waals surface area contributed by atoms with Crippen LogP contribution in [-0.4, -0.2) is 15.1 Å². The monoisotopic (exact) mass is 194 g/mol.